The number of nitrogens with zero attached hydrogens (tertiary/aromatic N) is 3. The Morgan fingerprint density at radius 1 is 0.138 bits per heavy atom. The molecule has 0 bridgehead atoms. The largest absolute Gasteiger partial charge is 0.310 e. The van der Waals surface area contributed by atoms with Gasteiger partial charge in [0.25, 0.3) is 0 Å². The third-order valence-corrected chi connectivity index (χ3v) is 34.0. The van der Waals surface area contributed by atoms with Gasteiger partial charge in [-0.3, -0.25) is 0 Å². The maximum atomic E-state index is 2.46. The highest BCUT2D eigenvalue weighted by atomic mass is 32.1. The molecule has 0 atom stereocenters. The molecule has 0 amide bonds. The molecule has 0 saturated carbocycles. The topological polar surface area (TPSA) is 9.72 Å². The lowest BCUT2D eigenvalue weighted by molar-refractivity contribution is 0.661. The summed E-state index contributed by atoms with van der Waals surface area (Å²) < 4.78 is 8.15. The van der Waals surface area contributed by atoms with Crippen LogP contribution in [0.5, 0.6) is 0 Å². The van der Waals surface area contributed by atoms with Crippen molar-refractivity contribution in [2.24, 2.45) is 0 Å². The Morgan fingerprint density at radius 2 is 0.366 bits per heavy atom. The zero-order chi connectivity index (χ0) is 97.2. The van der Waals surface area contributed by atoms with Crippen LogP contribution in [0, 0.1) is 0 Å². The average Bonchev–Trinajstić information content (AvgIpc) is 1.56. The van der Waals surface area contributed by atoms with Crippen LogP contribution < -0.4 is 14.7 Å². The Morgan fingerprint density at radius 3 is 0.690 bits per heavy atom. The van der Waals surface area contributed by atoms with Crippen LogP contribution in [-0.2, 0) is 16.2 Å². The first-order valence-electron chi connectivity index (χ1n) is 50.2. The molecule has 145 heavy (non-hydrogen) atoms. The van der Waals surface area contributed by atoms with Gasteiger partial charge in [-0.15, -0.1) is 34.0 Å². The Labute approximate surface area is 859 Å². The summed E-state index contributed by atoms with van der Waals surface area (Å²) in [4.78, 5) is 7.20. The lowest BCUT2D eigenvalue weighted by Crippen LogP contribution is -2.16. The van der Waals surface area contributed by atoms with Crippen LogP contribution in [0.15, 0.2) is 504 Å². The van der Waals surface area contributed by atoms with Gasteiger partial charge in [-0.25, -0.2) is 0 Å². The van der Waals surface area contributed by atoms with Crippen LogP contribution in [0.3, 0.4) is 0 Å². The summed E-state index contributed by atoms with van der Waals surface area (Å²) in [6.07, 6.45) is 0. The molecule has 0 fully saturated rings. The number of hydrogen-bond acceptors (Lipinski definition) is 6. The van der Waals surface area contributed by atoms with E-state index < -0.39 is 0 Å². The van der Waals surface area contributed by atoms with Crippen LogP contribution in [0.4, 0.5) is 51.2 Å². The van der Waals surface area contributed by atoms with Crippen LogP contribution >= 0.6 is 34.0 Å². The Kier molecular flexibility index (Phi) is 21.9. The standard InChI is InChI=1S/C49H35NS.2C45H33NS/c1-49(2)45-29-40(26-27-41(45)43-30-44-42-14-8-9-15-47(42)51-48(44)31-46(43)49)50(38-22-18-34(19-23-38)32-10-4-3-5-11-32)39-24-20-35(21-25-39)37-17-16-33-12-6-7-13-36(33)28-37;1-45(2)41-27-36(25-26-37(41)39-28-40-38-15-9-10-16-43(38)47-44(40)29-42(39)45)46(34-21-17-32(18-22-34)30-11-5-3-6-12-30)35-23-19-33(20-24-35)31-13-7-4-8-14-31;1-45(2)41-26-25-36(27-38(41)39-28-40-37-15-9-10-16-43(37)47-44(40)29-42(39)45)46(34-21-17-32(18-22-34)30-11-5-3-6-12-30)35-23-19-33(20-24-35)31-13-7-4-8-14-31/h3-31H,1-2H3;2*3-29H,1-2H3. The van der Waals surface area contributed by atoms with Crippen molar-refractivity contribution in [3.8, 4) is 100 Å². The number of anilines is 9. The van der Waals surface area contributed by atoms with Gasteiger partial charge in [0, 0.05) is 128 Å². The Balaban J connectivity index is 0.000000111. The van der Waals surface area contributed by atoms with Gasteiger partial charge in [-0.2, -0.15) is 0 Å². The molecule has 0 N–H and O–H groups in total. The first kappa shape index (κ1) is 88.3. The van der Waals surface area contributed by atoms with Gasteiger partial charge in [-0.1, -0.05) is 375 Å². The molecule has 22 aromatic carbocycles. The molecule has 690 valence electrons. The lowest BCUT2D eigenvalue weighted by Gasteiger charge is -2.28. The molecule has 0 saturated heterocycles. The average molecular weight is 1910 g/mol. The van der Waals surface area contributed by atoms with Crippen molar-refractivity contribution < 1.29 is 0 Å². The maximum absolute atomic E-state index is 2.46. The smallest absolute Gasteiger partial charge is 0.0468 e. The Bertz CT molecular complexity index is 9100. The van der Waals surface area contributed by atoms with Crippen molar-refractivity contribution in [1.82, 2.24) is 0 Å². The normalized spacial score (nSPS) is 13.1. The quantitative estimate of drug-likeness (QED) is 0.101. The summed E-state index contributed by atoms with van der Waals surface area (Å²) in [7, 11) is 0. The number of benzene rings is 22. The predicted molar refractivity (Wildman–Crippen MR) is 625 cm³/mol. The minimum atomic E-state index is -0.131. The van der Waals surface area contributed by atoms with Crippen LogP contribution in [0.2, 0.25) is 0 Å². The molecule has 3 nitrogen and oxygen atoms in total. The molecule has 28 rings (SSSR count). The van der Waals surface area contributed by atoms with Gasteiger partial charge in [0.05, 0.1) is 0 Å². The SMILES string of the molecule is CC1(C)c2cc(N(c3ccc(-c4ccccc4)cc3)c3ccc(-c4ccc5ccccc5c4)cc3)ccc2-c2cc3c(cc21)sc1ccccc13.CC1(C)c2cc(N(c3ccc(-c4ccccc4)cc3)c3ccc(-c4ccccc4)cc3)ccc2-c2cc3c(cc21)sc1ccccc13.CC1(C)c2ccc(N(c3ccc(-c4ccccc4)cc3)c3ccc(-c4ccccc4)cc3)cc2-c2cc3c(cc21)sc1ccccc13. The molecule has 3 aliphatic rings. The lowest BCUT2D eigenvalue weighted by atomic mass is 9.82. The summed E-state index contributed by atoms with van der Waals surface area (Å²) in [6.45, 7) is 14.3. The molecule has 0 radical (unpaired) electrons. The molecule has 0 spiro atoms. The molecule has 6 heteroatoms. The van der Waals surface area contributed by atoms with Gasteiger partial charge in [0.1, 0.15) is 0 Å². The fourth-order valence-corrected chi connectivity index (χ4v) is 26.3. The van der Waals surface area contributed by atoms with E-state index in [4.69, 9.17) is 0 Å². The second kappa shape index (κ2) is 36.0. The van der Waals surface area contributed by atoms with Crippen molar-refractivity contribution in [3.05, 3.63) is 537 Å². The second-order valence-corrected chi connectivity index (χ2v) is 43.5. The van der Waals surface area contributed by atoms with E-state index in [1.54, 1.807) is 0 Å². The molecule has 3 aromatic heterocycles. The zero-order valence-electron chi connectivity index (χ0n) is 81.5. The molecule has 3 aliphatic carbocycles. The van der Waals surface area contributed by atoms with Crippen LogP contribution in [-0.4, -0.2) is 0 Å². The fraction of sp³-hybridized carbons (Fsp3) is 0.0647. The Hall–Kier alpha value is -16.8. The second-order valence-electron chi connectivity index (χ2n) is 40.2. The highest BCUT2D eigenvalue weighted by Gasteiger charge is 2.41. The molecular formula is C139H101N3S3. The molecule has 3 heterocycles. The highest BCUT2D eigenvalue weighted by Crippen LogP contribution is 2.58. The van der Waals surface area contributed by atoms with Crippen molar-refractivity contribution in [3.63, 3.8) is 0 Å². The number of hydrogen-bond donors (Lipinski definition) is 0. The van der Waals surface area contributed by atoms with E-state index in [0.29, 0.717) is 0 Å². The van der Waals surface area contributed by atoms with Gasteiger partial charge in [0.2, 0.25) is 0 Å². The van der Waals surface area contributed by atoms with Gasteiger partial charge < -0.3 is 14.7 Å². The minimum Gasteiger partial charge on any atom is -0.310 e. The first-order valence-corrected chi connectivity index (χ1v) is 52.6. The summed E-state index contributed by atoms with van der Waals surface area (Å²) in [5, 5.41) is 10.6. The van der Waals surface area contributed by atoms with Crippen LogP contribution in [0.1, 0.15) is 74.9 Å². The van der Waals surface area contributed by atoms with Gasteiger partial charge in [0.15, 0.2) is 0 Å². The fourth-order valence-electron chi connectivity index (χ4n) is 22.9. The van der Waals surface area contributed by atoms with Gasteiger partial charge in [-0.05, 0) is 314 Å². The third kappa shape index (κ3) is 15.8. The summed E-state index contributed by atoms with van der Waals surface area (Å²) >= 11 is 5.70. The minimum absolute atomic E-state index is 0.0763. The van der Waals surface area contributed by atoms with Crippen LogP contribution in [0.25, 0.3) is 171 Å². The van der Waals surface area contributed by atoms with Crippen molar-refractivity contribution in [1.29, 1.82) is 0 Å². The van der Waals surface area contributed by atoms with Gasteiger partial charge >= 0.3 is 0 Å². The zero-order valence-corrected chi connectivity index (χ0v) is 83.9. The van der Waals surface area contributed by atoms with E-state index in [1.807, 2.05) is 34.0 Å². The predicted octanol–water partition coefficient (Wildman–Crippen LogP) is 40.6. The van der Waals surface area contributed by atoms with E-state index in [1.165, 1.54) is 205 Å². The van der Waals surface area contributed by atoms with Crippen molar-refractivity contribution >= 4 is 156 Å². The van der Waals surface area contributed by atoms with E-state index in [-0.39, 0.29) is 16.2 Å². The van der Waals surface area contributed by atoms with E-state index in [9.17, 15) is 0 Å². The monoisotopic (exact) mass is 1910 g/mol. The third-order valence-electron chi connectivity index (χ3n) is 30.6. The summed E-state index contributed by atoms with van der Waals surface area (Å²) in [5.41, 5.74) is 41.0. The molecule has 0 aliphatic heterocycles. The number of fused-ring (bicyclic) bond motifs is 19. The molecule has 0 unspecified atom stereocenters. The van der Waals surface area contributed by atoms with E-state index in [2.05, 4.69) is 560 Å². The molecular weight excluding hydrogens is 1810 g/mol. The number of thiophene rings is 3. The maximum Gasteiger partial charge on any atom is 0.0468 e. The highest BCUT2D eigenvalue weighted by molar-refractivity contribution is 7.26. The van der Waals surface area contributed by atoms with Crippen molar-refractivity contribution in [2.75, 3.05) is 14.7 Å². The van der Waals surface area contributed by atoms with E-state index in [0.717, 1.165) is 51.2 Å². The summed E-state index contributed by atoms with van der Waals surface area (Å²) in [5.74, 6) is 0. The van der Waals surface area contributed by atoms with E-state index >= 15 is 0 Å². The van der Waals surface area contributed by atoms with Crippen molar-refractivity contribution in [2.45, 2.75) is 57.8 Å². The molecule has 25 aromatic rings. The first-order chi connectivity index (χ1) is 71.1. The number of rotatable bonds is 15. The summed E-state index contributed by atoms with van der Waals surface area (Å²) in [6, 6.07) is 185.